The summed E-state index contributed by atoms with van der Waals surface area (Å²) in [6, 6.07) is 4.13. The molecule has 0 atom stereocenters. The zero-order chi connectivity index (χ0) is 8.81. The number of nitrogens with one attached hydrogen (secondary N) is 1. The topological polar surface area (TPSA) is 17.3 Å². The fourth-order valence-electron chi connectivity index (χ4n) is 1.19. The van der Waals surface area contributed by atoms with E-state index in [1.165, 1.54) is 23.4 Å². The van der Waals surface area contributed by atoms with Crippen LogP contribution in [0, 0.1) is 0 Å². The van der Waals surface area contributed by atoms with Gasteiger partial charge in [0.05, 0.1) is 20.6 Å². The summed E-state index contributed by atoms with van der Waals surface area (Å²) in [6.45, 7) is 1.23. The van der Waals surface area contributed by atoms with Crippen molar-refractivity contribution in [2.75, 3.05) is 20.6 Å². The highest BCUT2D eigenvalue weighted by atomic mass is 35.5. The molecule has 1 rings (SSSR count). The van der Waals surface area contributed by atoms with Gasteiger partial charge in [0.25, 0.3) is 0 Å². The second-order valence-electron chi connectivity index (χ2n) is 3.42. The minimum atomic E-state index is 0. The van der Waals surface area contributed by atoms with Crippen LogP contribution >= 0.6 is 0 Å². The lowest BCUT2D eigenvalue weighted by Crippen LogP contribution is -3.05. The number of quaternary nitrogens is 1. The van der Waals surface area contributed by atoms with Crippen molar-refractivity contribution in [1.82, 2.24) is 4.98 Å². The first-order valence-corrected chi connectivity index (χ1v) is 4.47. The molecule has 1 N–H and O–H groups in total. The Morgan fingerprint density at radius 3 is 2.69 bits per heavy atom. The SMILES string of the molecule is C[NH+](C)CCCc1cccnc1.[Cl-]. The Kier molecular flexibility index (Phi) is 6.55. The first kappa shape index (κ1) is 12.4. The molecular weight excluding hydrogens is 184 g/mol. The molecule has 0 fully saturated rings. The van der Waals surface area contributed by atoms with Crippen molar-refractivity contribution in [2.24, 2.45) is 0 Å². The highest BCUT2D eigenvalue weighted by Gasteiger charge is 1.95. The molecule has 0 spiro atoms. The molecular formula is C10H17ClN2. The van der Waals surface area contributed by atoms with E-state index in [-0.39, 0.29) is 12.4 Å². The monoisotopic (exact) mass is 200 g/mol. The molecule has 0 bridgehead atoms. The van der Waals surface area contributed by atoms with Crippen LogP contribution in [0.4, 0.5) is 0 Å². The molecule has 0 unspecified atom stereocenters. The number of nitrogens with zero attached hydrogens (tertiary/aromatic N) is 1. The van der Waals surface area contributed by atoms with E-state index in [1.54, 1.807) is 0 Å². The number of aromatic nitrogens is 1. The summed E-state index contributed by atoms with van der Waals surface area (Å²) in [5.41, 5.74) is 1.35. The van der Waals surface area contributed by atoms with Gasteiger partial charge in [-0.25, -0.2) is 0 Å². The second kappa shape index (κ2) is 6.87. The smallest absolute Gasteiger partial charge is 0.0770 e. The molecule has 2 nitrogen and oxygen atoms in total. The largest absolute Gasteiger partial charge is 1.00 e. The Hall–Kier alpha value is -0.600. The number of aryl methyl sites for hydroxylation is 1. The van der Waals surface area contributed by atoms with Crippen molar-refractivity contribution in [2.45, 2.75) is 12.8 Å². The molecule has 0 amide bonds. The Bertz CT molecular complexity index is 211. The van der Waals surface area contributed by atoms with Gasteiger partial charge in [0.15, 0.2) is 0 Å². The van der Waals surface area contributed by atoms with Crippen molar-refractivity contribution in [1.29, 1.82) is 0 Å². The van der Waals surface area contributed by atoms with Gasteiger partial charge in [-0.15, -0.1) is 0 Å². The Balaban J connectivity index is 0.00000144. The van der Waals surface area contributed by atoms with Crippen molar-refractivity contribution >= 4 is 0 Å². The van der Waals surface area contributed by atoms with Gasteiger partial charge in [-0.2, -0.15) is 0 Å². The molecule has 0 aromatic carbocycles. The lowest BCUT2D eigenvalue weighted by atomic mass is 10.1. The summed E-state index contributed by atoms with van der Waals surface area (Å²) in [7, 11) is 4.37. The Morgan fingerprint density at radius 1 is 1.38 bits per heavy atom. The molecule has 74 valence electrons. The minimum absolute atomic E-state index is 0. The van der Waals surface area contributed by atoms with E-state index in [0.29, 0.717) is 0 Å². The second-order valence-corrected chi connectivity index (χ2v) is 3.42. The van der Waals surface area contributed by atoms with Gasteiger partial charge in [-0.1, -0.05) is 6.07 Å². The van der Waals surface area contributed by atoms with E-state index >= 15 is 0 Å². The van der Waals surface area contributed by atoms with Crippen LogP contribution in [0.3, 0.4) is 0 Å². The first-order valence-electron chi connectivity index (χ1n) is 4.47. The van der Waals surface area contributed by atoms with Crippen LogP contribution in [0.2, 0.25) is 0 Å². The summed E-state index contributed by atoms with van der Waals surface area (Å²) in [6.07, 6.45) is 6.17. The quantitative estimate of drug-likeness (QED) is 0.555. The van der Waals surface area contributed by atoms with Crippen LogP contribution in [0.15, 0.2) is 24.5 Å². The van der Waals surface area contributed by atoms with E-state index < -0.39 is 0 Å². The average Bonchev–Trinajstić information content (AvgIpc) is 2.05. The molecule has 1 heterocycles. The van der Waals surface area contributed by atoms with Crippen LogP contribution in [0.25, 0.3) is 0 Å². The number of halogens is 1. The van der Waals surface area contributed by atoms with E-state index in [2.05, 4.69) is 25.1 Å². The lowest BCUT2D eigenvalue weighted by Gasteiger charge is -2.05. The third kappa shape index (κ3) is 5.61. The van der Waals surface area contributed by atoms with Gasteiger partial charge in [-0.05, 0) is 18.1 Å². The maximum Gasteiger partial charge on any atom is 0.0770 e. The van der Waals surface area contributed by atoms with Crippen molar-refractivity contribution in [3.8, 4) is 0 Å². The van der Waals surface area contributed by atoms with Gasteiger partial charge in [0.1, 0.15) is 0 Å². The van der Waals surface area contributed by atoms with Gasteiger partial charge < -0.3 is 17.3 Å². The zero-order valence-corrected chi connectivity index (χ0v) is 9.01. The van der Waals surface area contributed by atoms with Crippen molar-refractivity contribution < 1.29 is 17.3 Å². The molecule has 1 aromatic rings. The summed E-state index contributed by atoms with van der Waals surface area (Å²) >= 11 is 0. The summed E-state index contributed by atoms with van der Waals surface area (Å²) in [5.74, 6) is 0. The molecule has 13 heavy (non-hydrogen) atoms. The van der Waals surface area contributed by atoms with Crippen LogP contribution < -0.4 is 17.3 Å². The highest BCUT2D eigenvalue weighted by molar-refractivity contribution is 5.08. The van der Waals surface area contributed by atoms with Crippen molar-refractivity contribution in [3.63, 3.8) is 0 Å². The van der Waals surface area contributed by atoms with Crippen LogP contribution in [0.5, 0.6) is 0 Å². The Labute approximate surface area is 86.4 Å². The molecule has 0 radical (unpaired) electrons. The predicted molar refractivity (Wildman–Crippen MR) is 50.2 cm³/mol. The highest BCUT2D eigenvalue weighted by Crippen LogP contribution is 1.98. The van der Waals surface area contributed by atoms with Crippen LogP contribution in [-0.2, 0) is 6.42 Å². The summed E-state index contributed by atoms with van der Waals surface area (Å²) in [4.78, 5) is 5.59. The number of pyridine rings is 1. The first-order chi connectivity index (χ1) is 5.79. The molecule has 0 aliphatic rings. The fraction of sp³-hybridized carbons (Fsp3) is 0.500. The van der Waals surface area contributed by atoms with Gasteiger partial charge in [0, 0.05) is 18.8 Å². The number of rotatable bonds is 4. The number of hydrogen-bond donors (Lipinski definition) is 1. The van der Waals surface area contributed by atoms with E-state index in [1.807, 2.05) is 18.5 Å². The Morgan fingerprint density at radius 2 is 2.15 bits per heavy atom. The fourth-order valence-corrected chi connectivity index (χ4v) is 1.19. The molecule has 0 saturated heterocycles. The van der Waals surface area contributed by atoms with Crippen molar-refractivity contribution in [3.05, 3.63) is 30.1 Å². The third-order valence-corrected chi connectivity index (χ3v) is 1.87. The average molecular weight is 201 g/mol. The maximum absolute atomic E-state index is 4.08. The normalized spacial score (nSPS) is 9.77. The predicted octanol–water partition coefficient (Wildman–Crippen LogP) is -2.84. The van der Waals surface area contributed by atoms with Gasteiger partial charge >= 0.3 is 0 Å². The zero-order valence-electron chi connectivity index (χ0n) is 8.26. The summed E-state index contributed by atoms with van der Waals surface area (Å²) < 4.78 is 0. The minimum Gasteiger partial charge on any atom is -1.00 e. The molecule has 1 aromatic heterocycles. The van der Waals surface area contributed by atoms with Crippen LogP contribution in [0.1, 0.15) is 12.0 Å². The molecule has 0 saturated carbocycles. The summed E-state index contributed by atoms with van der Waals surface area (Å²) in [5, 5.41) is 0. The standard InChI is InChI=1S/C10H16N2.ClH/c1-12(2)8-4-6-10-5-3-7-11-9-10;/h3,5,7,9H,4,6,8H2,1-2H3;1H. The lowest BCUT2D eigenvalue weighted by molar-refractivity contribution is -0.858. The molecule has 0 aliphatic carbocycles. The van der Waals surface area contributed by atoms with E-state index in [4.69, 9.17) is 0 Å². The molecule has 0 aliphatic heterocycles. The number of hydrogen-bond acceptors (Lipinski definition) is 1. The third-order valence-electron chi connectivity index (χ3n) is 1.87. The van der Waals surface area contributed by atoms with Gasteiger partial charge in [-0.3, -0.25) is 4.98 Å². The maximum atomic E-state index is 4.08. The van der Waals surface area contributed by atoms with Gasteiger partial charge in [0.2, 0.25) is 0 Å². The van der Waals surface area contributed by atoms with E-state index in [9.17, 15) is 0 Å². The van der Waals surface area contributed by atoms with Crippen LogP contribution in [-0.4, -0.2) is 25.6 Å². The van der Waals surface area contributed by atoms with E-state index in [0.717, 1.165) is 6.42 Å². The molecule has 3 heteroatoms.